The van der Waals surface area contributed by atoms with Crippen molar-refractivity contribution < 1.29 is 4.79 Å². The Morgan fingerprint density at radius 1 is 1.29 bits per heavy atom. The normalized spacial score (nSPS) is 12.5. The van der Waals surface area contributed by atoms with Crippen LogP contribution in [0.3, 0.4) is 0 Å². The number of nitrogens with one attached hydrogen (secondary N) is 3. The molecule has 0 saturated carbocycles. The summed E-state index contributed by atoms with van der Waals surface area (Å²) in [5.41, 5.74) is 11.9. The Kier molecular flexibility index (Phi) is 8.46. The van der Waals surface area contributed by atoms with Crippen LogP contribution in [0.15, 0.2) is 30.0 Å². The van der Waals surface area contributed by atoms with Gasteiger partial charge in [-0.05, 0) is 43.0 Å². The number of amides is 1. The summed E-state index contributed by atoms with van der Waals surface area (Å²) in [6, 6.07) is 5.46. The molecule has 1 rings (SSSR count). The summed E-state index contributed by atoms with van der Waals surface area (Å²) in [6.07, 6.45) is 3.31. The highest BCUT2D eigenvalue weighted by Gasteiger charge is 2.13. The SMILES string of the molecule is N=CC(=N)/C(N)=C\C(=O)NCCC(CCN)c1ccc(Cl)c(Cl)c1. The van der Waals surface area contributed by atoms with Crippen LogP contribution in [0, 0.1) is 10.8 Å². The minimum absolute atomic E-state index is 0.0505. The molecule has 0 heterocycles. The maximum Gasteiger partial charge on any atom is 0.246 e. The van der Waals surface area contributed by atoms with Crippen LogP contribution in [0.1, 0.15) is 24.3 Å². The minimum Gasteiger partial charge on any atom is -0.397 e. The van der Waals surface area contributed by atoms with Crippen molar-refractivity contribution in [3.8, 4) is 0 Å². The van der Waals surface area contributed by atoms with Gasteiger partial charge >= 0.3 is 0 Å². The Morgan fingerprint density at radius 2 is 2.00 bits per heavy atom. The highest BCUT2D eigenvalue weighted by atomic mass is 35.5. The summed E-state index contributed by atoms with van der Waals surface area (Å²) >= 11 is 12.0. The number of rotatable bonds is 9. The average molecular weight is 370 g/mol. The fraction of sp³-hybridized carbons (Fsp3) is 0.312. The van der Waals surface area contributed by atoms with E-state index in [1.165, 1.54) is 0 Å². The fourth-order valence-electron chi connectivity index (χ4n) is 2.17. The largest absolute Gasteiger partial charge is 0.397 e. The lowest BCUT2D eigenvalue weighted by Gasteiger charge is -2.17. The van der Waals surface area contributed by atoms with Gasteiger partial charge in [0.2, 0.25) is 5.91 Å². The van der Waals surface area contributed by atoms with Crippen molar-refractivity contribution in [1.29, 1.82) is 10.8 Å². The number of carbonyl (C=O) groups is 1. The zero-order valence-electron chi connectivity index (χ0n) is 13.1. The lowest BCUT2D eigenvalue weighted by Crippen LogP contribution is -2.26. The van der Waals surface area contributed by atoms with Gasteiger partial charge in [-0.3, -0.25) is 10.2 Å². The molecule has 6 nitrogen and oxygen atoms in total. The third kappa shape index (κ3) is 6.31. The van der Waals surface area contributed by atoms with E-state index >= 15 is 0 Å². The number of nitrogens with two attached hydrogens (primary N) is 2. The van der Waals surface area contributed by atoms with Crippen molar-refractivity contribution in [2.45, 2.75) is 18.8 Å². The quantitative estimate of drug-likeness (QED) is 0.338. The van der Waals surface area contributed by atoms with Gasteiger partial charge in [0.25, 0.3) is 0 Å². The summed E-state index contributed by atoms with van der Waals surface area (Å²) in [5.74, 6) is -0.258. The molecular weight excluding hydrogens is 349 g/mol. The van der Waals surface area contributed by atoms with E-state index in [1.54, 1.807) is 6.07 Å². The second-order valence-corrected chi connectivity index (χ2v) is 6.00. The van der Waals surface area contributed by atoms with Gasteiger partial charge in [0.15, 0.2) is 0 Å². The van der Waals surface area contributed by atoms with Crippen LogP contribution in [-0.4, -0.2) is 30.9 Å². The smallest absolute Gasteiger partial charge is 0.246 e. The van der Waals surface area contributed by atoms with Gasteiger partial charge in [0.1, 0.15) is 0 Å². The molecule has 1 aromatic rings. The van der Waals surface area contributed by atoms with E-state index < -0.39 is 5.91 Å². The fourth-order valence-corrected chi connectivity index (χ4v) is 2.47. The van der Waals surface area contributed by atoms with Crippen LogP contribution in [0.5, 0.6) is 0 Å². The maximum absolute atomic E-state index is 11.7. The molecule has 1 unspecified atom stereocenters. The Labute approximate surface area is 151 Å². The third-order valence-corrected chi connectivity index (χ3v) is 4.20. The molecule has 1 aromatic carbocycles. The van der Waals surface area contributed by atoms with Crippen molar-refractivity contribution in [2.24, 2.45) is 11.5 Å². The lowest BCUT2D eigenvalue weighted by atomic mass is 9.92. The van der Waals surface area contributed by atoms with Crippen molar-refractivity contribution in [2.75, 3.05) is 13.1 Å². The first-order chi connectivity index (χ1) is 11.4. The molecule has 7 N–H and O–H groups in total. The molecule has 0 spiro atoms. The Hall–Kier alpha value is -1.89. The Morgan fingerprint density at radius 3 is 2.58 bits per heavy atom. The molecule has 24 heavy (non-hydrogen) atoms. The molecule has 0 aliphatic rings. The number of benzene rings is 1. The third-order valence-electron chi connectivity index (χ3n) is 3.46. The molecule has 0 bridgehead atoms. The van der Waals surface area contributed by atoms with Gasteiger partial charge < -0.3 is 22.2 Å². The monoisotopic (exact) mass is 369 g/mol. The minimum atomic E-state index is -0.403. The van der Waals surface area contributed by atoms with Crippen LogP contribution >= 0.6 is 23.2 Å². The lowest BCUT2D eigenvalue weighted by molar-refractivity contribution is -0.116. The summed E-state index contributed by atoms with van der Waals surface area (Å²) in [4.78, 5) is 11.7. The van der Waals surface area contributed by atoms with Crippen molar-refractivity contribution in [3.63, 3.8) is 0 Å². The first kappa shape index (κ1) is 20.2. The first-order valence-corrected chi connectivity index (χ1v) is 8.14. The zero-order valence-corrected chi connectivity index (χ0v) is 14.6. The zero-order chi connectivity index (χ0) is 18.1. The summed E-state index contributed by atoms with van der Waals surface area (Å²) in [5, 5.41) is 17.9. The summed E-state index contributed by atoms with van der Waals surface area (Å²) in [7, 11) is 0. The van der Waals surface area contributed by atoms with Gasteiger partial charge in [-0.1, -0.05) is 29.3 Å². The van der Waals surface area contributed by atoms with E-state index in [2.05, 4.69) is 5.32 Å². The van der Waals surface area contributed by atoms with Gasteiger partial charge in [-0.25, -0.2) is 0 Å². The Balaban J connectivity index is 2.64. The van der Waals surface area contributed by atoms with Gasteiger partial charge in [-0.2, -0.15) is 0 Å². The van der Waals surface area contributed by atoms with Crippen LogP contribution < -0.4 is 16.8 Å². The molecular formula is C16H21Cl2N5O. The number of hydrogen-bond acceptors (Lipinski definition) is 5. The van der Waals surface area contributed by atoms with Crippen LogP contribution in [0.2, 0.25) is 10.0 Å². The van der Waals surface area contributed by atoms with Gasteiger partial charge in [0.05, 0.1) is 21.5 Å². The van der Waals surface area contributed by atoms with Gasteiger partial charge in [0, 0.05) is 18.8 Å². The average Bonchev–Trinajstić information content (AvgIpc) is 2.55. The number of hydrogen-bond donors (Lipinski definition) is 5. The Bertz CT molecular complexity index is 645. The van der Waals surface area contributed by atoms with E-state index in [0.717, 1.165) is 24.3 Å². The number of halogens is 2. The molecule has 0 fully saturated rings. The molecule has 0 radical (unpaired) electrons. The van der Waals surface area contributed by atoms with E-state index in [1.807, 2.05) is 12.1 Å². The molecule has 8 heteroatoms. The molecule has 0 aliphatic heterocycles. The molecule has 130 valence electrons. The standard InChI is InChI=1S/C16H21Cl2N5O/c17-12-2-1-11(7-13(12)18)10(3-5-19)4-6-23-16(24)8-14(21)15(22)9-20/h1-2,7-10,20,22H,3-6,19,21H2,(H,23,24)/b14-8+,20-9?,22-15?. The van der Waals surface area contributed by atoms with Crippen molar-refractivity contribution in [3.05, 3.63) is 45.6 Å². The molecule has 1 atom stereocenters. The molecule has 0 saturated heterocycles. The van der Waals surface area contributed by atoms with E-state index in [9.17, 15) is 4.79 Å². The second kappa shape index (κ2) is 10.1. The van der Waals surface area contributed by atoms with Crippen molar-refractivity contribution >= 4 is 41.0 Å². The van der Waals surface area contributed by atoms with Gasteiger partial charge in [-0.15, -0.1) is 0 Å². The van der Waals surface area contributed by atoms with Crippen LogP contribution in [0.4, 0.5) is 0 Å². The highest BCUT2D eigenvalue weighted by Crippen LogP contribution is 2.29. The van der Waals surface area contributed by atoms with Crippen molar-refractivity contribution in [1.82, 2.24) is 5.32 Å². The summed E-state index contributed by atoms with van der Waals surface area (Å²) in [6.45, 7) is 0.938. The van der Waals surface area contributed by atoms with Crippen LogP contribution in [0.25, 0.3) is 0 Å². The molecule has 0 aliphatic carbocycles. The summed E-state index contributed by atoms with van der Waals surface area (Å²) < 4.78 is 0. The van der Waals surface area contributed by atoms with E-state index in [4.69, 9.17) is 45.5 Å². The first-order valence-electron chi connectivity index (χ1n) is 7.38. The predicted octanol–water partition coefficient (Wildman–Crippen LogP) is 2.44. The predicted molar refractivity (Wildman–Crippen MR) is 99.3 cm³/mol. The topological polar surface area (TPSA) is 129 Å². The highest BCUT2D eigenvalue weighted by molar-refractivity contribution is 6.42. The number of allylic oxidation sites excluding steroid dienone is 1. The molecule has 1 amide bonds. The second-order valence-electron chi connectivity index (χ2n) is 5.19. The van der Waals surface area contributed by atoms with E-state index in [-0.39, 0.29) is 17.3 Å². The van der Waals surface area contributed by atoms with Crippen LogP contribution in [-0.2, 0) is 4.79 Å². The number of carbonyl (C=O) groups excluding carboxylic acids is 1. The molecule has 0 aromatic heterocycles. The maximum atomic E-state index is 11.7. The van der Waals surface area contributed by atoms with E-state index in [0.29, 0.717) is 29.6 Å².